The smallest absolute Gasteiger partial charge is 0.140 e. The fourth-order valence-electron chi connectivity index (χ4n) is 3.70. The summed E-state index contributed by atoms with van der Waals surface area (Å²) in [6, 6.07) is 1.16. The van der Waals surface area contributed by atoms with Crippen LogP contribution in [0.3, 0.4) is 0 Å². The third kappa shape index (κ3) is 1.62. The quantitative estimate of drug-likeness (QED) is 0.615. The maximum absolute atomic E-state index is 11.8. The minimum absolute atomic E-state index is 0.262. The van der Waals surface area contributed by atoms with Gasteiger partial charge in [-0.15, -0.1) is 0 Å². The van der Waals surface area contributed by atoms with Crippen LogP contribution < -0.4 is 10.6 Å². The van der Waals surface area contributed by atoms with Crippen LogP contribution >= 0.6 is 0 Å². The number of carbonyl (C=O) groups is 1. The molecule has 0 radical (unpaired) electrons. The monoisotopic (exact) mass is 208 g/mol. The molecule has 4 unspecified atom stereocenters. The van der Waals surface area contributed by atoms with Gasteiger partial charge in [0, 0.05) is 37.5 Å². The predicted octanol–water partition coefficient (Wildman–Crippen LogP) is 0.696. The summed E-state index contributed by atoms with van der Waals surface area (Å²) in [7, 11) is 0. The van der Waals surface area contributed by atoms with E-state index in [-0.39, 0.29) is 5.92 Å². The largest absolute Gasteiger partial charge is 0.313 e. The molecule has 0 aromatic carbocycles. The Morgan fingerprint density at radius 3 is 2.93 bits per heavy atom. The molecule has 0 aromatic rings. The van der Waals surface area contributed by atoms with Crippen molar-refractivity contribution in [2.75, 3.05) is 13.1 Å². The van der Waals surface area contributed by atoms with E-state index in [1.54, 1.807) is 0 Å². The first-order valence-corrected chi connectivity index (χ1v) is 6.36. The fraction of sp³-hybridized carbons (Fsp3) is 0.917. The molecule has 0 spiro atoms. The minimum Gasteiger partial charge on any atom is -0.313 e. The molecular formula is C12H20N2O. The number of nitrogens with one attached hydrogen (secondary N) is 2. The number of piperidine rings is 2. The average molecular weight is 208 g/mol. The summed E-state index contributed by atoms with van der Waals surface area (Å²) in [5.74, 6) is 1.45. The van der Waals surface area contributed by atoms with Gasteiger partial charge in [0.15, 0.2) is 0 Å². The summed E-state index contributed by atoms with van der Waals surface area (Å²) in [4.78, 5) is 11.8. The number of hydrogen-bond acceptors (Lipinski definition) is 3. The highest BCUT2D eigenvalue weighted by molar-refractivity contribution is 5.83. The Balaban J connectivity index is 1.79. The van der Waals surface area contributed by atoms with Crippen molar-refractivity contribution in [3.63, 3.8) is 0 Å². The van der Waals surface area contributed by atoms with E-state index < -0.39 is 0 Å². The molecule has 3 aliphatic rings. The van der Waals surface area contributed by atoms with E-state index in [0.29, 0.717) is 23.8 Å². The number of carbonyl (C=O) groups excluding carboxylic acids is 1. The Morgan fingerprint density at radius 1 is 1.13 bits per heavy atom. The summed E-state index contributed by atoms with van der Waals surface area (Å²) in [5, 5.41) is 7.18. The van der Waals surface area contributed by atoms with Gasteiger partial charge >= 0.3 is 0 Å². The van der Waals surface area contributed by atoms with Crippen LogP contribution in [-0.2, 0) is 4.79 Å². The zero-order valence-corrected chi connectivity index (χ0v) is 9.17. The first-order valence-electron chi connectivity index (χ1n) is 6.36. The number of fused-ring (bicyclic) bond motifs is 3. The molecule has 0 aromatic heterocycles. The first-order chi connectivity index (χ1) is 7.36. The molecule has 3 heteroatoms. The molecule has 2 saturated heterocycles. The van der Waals surface area contributed by atoms with Crippen LogP contribution in [0.15, 0.2) is 0 Å². The van der Waals surface area contributed by atoms with E-state index >= 15 is 0 Å². The third-order valence-electron chi connectivity index (χ3n) is 4.48. The zero-order chi connectivity index (χ0) is 10.3. The van der Waals surface area contributed by atoms with Crippen LogP contribution in [0.1, 0.15) is 32.1 Å². The van der Waals surface area contributed by atoms with E-state index in [4.69, 9.17) is 0 Å². The van der Waals surface area contributed by atoms with Gasteiger partial charge in [-0.05, 0) is 18.8 Å². The highest BCUT2D eigenvalue weighted by Crippen LogP contribution is 2.34. The first kappa shape index (κ1) is 9.79. The highest BCUT2D eigenvalue weighted by atomic mass is 16.1. The van der Waals surface area contributed by atoms with Crippen molar-refractivity contribution in [3.8, 4) is 0 Å². The molecule has 1 saturated carbocycles. The Morgan fingerprint density at radius 2 is 2.00 bits per heavy atom. The van der Waals surface area contributed by atoms with Gasteiger partial charge in [0.1, 0.15) is 5.78 Å². The number of ketones is 1. The molecular weight excluding hydrogens is 188 g/mol. The standard InChI is InChI=1S/C12H20N2O/c15-11-5-6-13-12-8-3-1-2-4-10(8)14-7-9(11)12/h8-10,12-14H,1-7H2. The molecule has 4 atom stereocenters. The van der Waals surface area contributed by atoms with Crippen molar-refractivity contribution in [2.24, 2.45) is 11.8 Å². The van der Waals surface area contributed by atoms with E-state index in [1.807, 2.05) is 0 Å². The van der Waals surface area contributed by atoms with Crippen LogP contribution in [0.25, 0.3) is 0 Å². The van der Waals surface area contributed by atoms with Crippen molar-refractivity contribution < 1.29 is 4.79 Å². The van der Waals surface area contributed by atoms with E-state index in [1.165, 1.54) is 25.7 Å². The van der Waals surface area contributed by atoms with E-state index in [0.717, 1.165) is 19.5 Å². The second-order valence-electron chi connectivity index (χ2n) is 5.27. The van der Waals surface area contributed by atoms with Crippen molar-refractivity contribution in [1.82, 2.24) is 10.6 Å². The average Bonchev–Trinajstić information content (AvgIpc) is 2.29. The SMILES string of the molecule is O=C1CCNC2C1CNC1CCCCC12. The van der Waals surface area contributed by atoms with Gasteiger partial charge in [-0.2, -0.15) is 0 Å². The van der Waals surface area contributed by atoms with Crippen LogP contribution in [0.5, 0.6) is 0 Å². The van der Waals surface area contributed by atoms with Gasteiger partial charge in [0.05, 0.1) is 0 Å². The number of hydrogen-bond donors (Lipinski definition) is 2. The number of Topliss-reactive ketones (excluding diaryl/α,β-unsaturated/α-hetero) is 1. The molecule has 1 aliphatic carbocycles. The van der Waals surface area contributed by atoms with Gasteiger partial charge in [-0.25, -0.2) is 0 Å². The maximum Gasteiger partial charge on any atom is 0.140 e. The lowest BCUT2D eigenvalue weighted by Crippen LogP contribution is -2.63. The molecule has 3 fully saturated rings. The van der Waals surface area contributed by atoms with Crippen molar-refractivity contribution in [3.05, 3.63) is 0 Å². The van der Waals surface area contributed by atoms with Gasteiger partial charge < -0.3 is 10.6 Å². The van der Waals surface area contributed by atoms with Crippen molar-refractivity contribution >= 4 is 5.78 Å². The van der Waals surface area contributed by atoms with E-state index in [2.05, 4.69) is 10.6 Å². The van der Waals surface area contributed by atoms with Gasteiger partial charge in [-0.3, -0.25) is 4.79 Å². The molecule has 3 nitrogen and oxygen atoms in total. The van der Waals surface area contributed by atoms with Gasteiger partial charge in [0.25, 0.3) is 0 Å². The van der Waals surface area contributed by atoms with Crippen molar-refractivity contribution in [2.45, 2.75) is 44.2 Å². The van der Waals surface area contributed by atoms with E-state index in [9.17, 15) is 4.79 Å². The molecule has 0 amide bonds. The topological polar surface area (TPSA) is 41.1 Å². The summed E-state index contributed by atoms with van der Waals surface area (Å²) in [6.45, 7) is 1.82. The molecule has 2 heterocycles. The Labute approximate surface area is 91.0 Å². The van der Waals surface area contributed by atoms with Crippen LogP contribution in [0, 0.1) is 11.8 Å². The van der Waals surface area contributed by atoms with Gasteiger partial charge in [0.2, 0.25) is 0 Å². The van der Waals surface area contributed by atoms with Crippen LogP contribution in [-0.4, -0.2) is 31.0 Å². The maximum atomic E-state index is 11.8. The molecule has 3 rings (SSSR count). The fourth-order valence-corrected chi connectivity index (χ4v) is 3.70. The second kappa shape index (κ2) is 3.87. The predicted molar refractivity (Wildman–Crippen MR) is 58.7 cm³/mol. The Kier molecular flexibility index (Phi) is 2.53. The molecule has 0 bridgehead atoms. The normalized spacial score (nSPS) is 45.7. The lowest BCUT2D eigenvalue weighted by atomic mass is 9.70. The van der Waals surface area contributed by atoms with Crippen LogP contribution in [0.2, 0.25) is 0 Å². The minimum atomic E-state index is 0.262. The summed E-state index contributed by atoms with van der Waals surface area (Å²) in [6.07, 6.45) is 6.06. The van der Waals surface area contributed by atoms with Gasteiger partial charge in [-0.1, -0.05) is 12.8 Å². The molecule has 2 N–H and O–H groups in total. The summed E-state index contributed by atoms with van der Waals surface area (Å²) in [5.41, 5.74) is 0. The molecule has 15 heavy (non-hydrogen) atoms. The molecule has 2 aliphatic heterocycles. The summed E-state index contributed by atoms with van der Waals surface area (Å²) < 4.78 is 0. The van der Waals surface area contributed by atoms with Crippen molar-refractivity contribution in [1.29, 1.82) is 0 Å². The second-order valence-corrected chi connectivity index (χ2v) is 5.27. The lowest BCUT2D eigenvalue weighted by molar-refractivity contribution is -0.127. The number of rotatable bonds is 0. The summed E-state index contributed by atoms with van der Waals surface area (Å²) >= 11 is 0. The highest BCUT2D eigenvalue weighted by Gasteiger charge is 2.44. The molecule has 84 valence electrons. The zero-order valence-electron chi connectivity index (χ0n) is 9.17. The third-order valence-corrected chi connectivity index (χ3v) is 4.48. The Bertz CT molecular complexity index is 266. The van der Waals surface area contributed by atoms with Crippen LogP contribution in [0.4, 0.5) is 0 Å². The lowest BCUT2D eigenvalue weighted by Gasteiger charge is -2.47. The Hall–Kier alpha value is -0.410.